The number of rotatable bonds is 84. The predicted molar refractivity (Wildman–Crippen MR) is 369 cm³/mol. The van der Waals surface area contributed by atoms with Gasteiger partial charge in [-0.1, -0.05) is 80.1 Å². The lowest BCUT2D eigenvalue weighted by Gasteiger charge is -2.28. The van der Waals surface area contributed by atoms with Crippen LogP contribution in [0, 0.1) is 0 Å². The molecular weight excluding hydrogens is 1210 g/mol. The third-order valence-electron chi connectivity index (χ3n) is 14.8. The molecule has 0 aromatic carbocycles. The Balaban J connectivity index is 3.26. The monoisotopic (exact) mass is 1360 g/mol. The second-order valence-corrected chi connectivity index (χ2v) is 31.4. The maximum atomic E-state index is 6.02. The minimum Gasteiger partial charge on any atom is -0.377 e. The maximum absolute atomic E-state index is 6.02. The molecule has 0 aliphatic rings. The van der Waals surface area contributed by atoms with Crippen LogP contribution in [0.5, 0.6) is 0 Å². The van der Waals surface area contributed by atoms with Crippen LogP contribution in [0.25, 0.3) is 0 Å². The zero-order chi connectivity index (χ0) is 65.7. The fourth-order valence-corrected chi connectivity index (χ4v) is 19.0. The lowest BCUT2D eigenvalue weighted by Crippen LogP contribution is -2.18. The molecule has 0 saturated heterocycles. The van der Waals surface area contributed by atoms with Crippen LogP contribution in [-0.2, 0) is 99.5 Å². The Hall–Kier alpha value is 0.0200. The minimum atomic E-state index is -0.893. The zero-order valence-electron chi connectivity index (χ0n) is 59.3. The predicted octanol–water partition coefficient (Wildman–Crippen LogP) is 10.2. The summed E-state index contributed by atoms with van der Waals surface area (Å²) in [6, 6.07) is 0. The van der Waals surface area contributed by atoms with Gasteiger partial charge in [-0.15, -0.1) is 0 Å². The molecule has 21 nitrogen and oxygen atoms in total. The lowest BCUT2D eigenvalue weighted by atomic mass is 10.4. The quantitative estimate of drug-likeness (QED) is 0.0412. The van der Waals surface area contributed by atoms with E-state index in [0.29, 0.717) is 264 Å². The van der Waals surface area contributed by atoms with Crippen molar-refractivity contribution in [3.8, 4) is 0 Å². The van der Waals surface area contributed by atoms with Crippen molar-refractivity contribution in [2.75, 3.05) is 327 Å². The van der Waals surface area contributed by atoms with Crippen LogP contribution in [0.2, 0.25) is 0 Å². The normalized spacial score (nSPS) is 12.2. The summed E-state index contributed by atoms with van der Waals surface area (Å²) in [5.74, 6) is 0. The summed E-state index contributed by atoms with van der Waals surface area (Å²) in [6.45, 7) is 36.6. The first-order valence-corrected chi connectivity index (χ1v) is 41.0. The molecule has 91 heavy (non-hydrogen) atoms. The van der Waals surface area contributed by atoms with E-state index in [4.69, 9.17) is 99.5 Å². The third-order valence-corrected chi connectivity index (χ3v) is 24.6. The van der Waals surface area contributed by atoms with Crippen molar-refractivity contribution in [2.24, 2.45) is 0 Å². The highest BCUT2D eigenvalue weighted by Gasteiger charge is 2.36. The highest BCUT2D eigenvalue weighted by Crippen LogP contribution is 2.61. The highest BCUT2D eigenvalue weighted by molar-refractivity contribution is 7.76. The van der Waals surface area contributed by atoms with Gasteiger partial charge in [-0.25, -0.2) is 0 Å². The van der Waals surface area contributed by atoms with E-state index in [9.17, 15) is 0 Å². The van der Waals surface area contributed by atoms with Crippen molar-refractivity contribution >= 4 is 14.5 Å². The van der Waals surface area contributed by atoms with Crippen LogP contribution in [0.15, 0.2) is 0 Å². The van der Waals surface area contributed by atoms with Gasteiger partial charge in [0.1, 0.15) is 0 Å². The summed E-state index contributed by atoms with van der Waals surface area (Å²) in [4.78, 5) is 0. The van der Waals surface area contributed by atoms with Gasteiger partial charge in [0.25, 0.3) is 0 Å². The Bertz CT molecular complexity index is 1190. The maximum Gasteiger partial charge on any atom is 0.0828 e. The molecule has 0 aliphatic carbocycles. The van der Waals surface area contributed by atoms with E-state index in [1.807, 2.05) is 0 Å². The fourth-order valence-electron chi connectivity index (χ4n) is 9.32. The SMILES string of the molecule is CCCC[P+](CCCC)(CCCC)CCOCCOCCOCCOCCOCCOCCOCCOCCOCCOCCOCCOCCOCCOCCOCCOCCOCCOCCOCCOCCOCC[P+](CCCC)(CCCC)CCCC. The fraction of sp³-hybridized carbons (Fsp3) is 1.00. The summed E-state index contributed by atoms with van der Waals surface area (Å²) < 4.78 is 118. The van der Waals surface area contributed by atoms with E-state index in [1.165, 1.54) is 126 Å². The first kappa shape index (κ1) is 91.0. The minimum absolute atomic E-state index is 0.494. The number of ether oxygens (including phenoxy) is 21. The van der Waals surface area contributed by atoms with Crippen LogP contribution in [0.1, 0.15) is 119 Å². The van der Waals surface area contributed by atoms with Gasteiger partial charge < -0.3 is 99.5 Å². The van der Waals surface area contributed by atoms with E-state index in [0.717, 1.165) is 13.2 Å². The summed E-state index contributed by atoms with van der Waals surface area (Å²) >= 11 is 0. The molecule has 0 heterocycles. The van der Waals surface area contributed by atoms with E-state index in [-0.39, 0.29) is 0 Å². The zero-order valence-corrected chi connectivity index (χ0v) is 61.1. The molecule has 0 aromatic rings. The molecule has 0 N–H and O–H groups in total. The molecule has 0 rings (SSSR count). The van der Waals surface area contributed by atoms with E-state index in [1.54, 1.807) is 0 Å². The van der Waals surface area contributed by atoms with Gasteiger partial charge in [-0.2, -0.15) is 0 Å². The molecule has 0 saturated carbocycles. The molecule has 0 aliphatic heterocycles. The molecular formula is C68H142O21P2+2. The molecule has 0 spiro atoms. The van der Waals surface area contributed by atoms with Crippen molar-refractivity contribution in [3.05, 3.63) is 0 Å². The van der Waals surface area contributed by atoms with E-state index >= 15 is 0 Å². The Kier molecular flexibility index (Phi) is 79.0. The van der Waals surface area contributed by atoms with Gasteiger partial charge in [0.05, 0.1) is 327 Å². The first-order chi connectivity index (χ1) is 45.1. The largest absolute Gasteiger partial charge is 0.377 e. The summed E-state index contributed by atoms with van der Waals surface area (Å²) in [5, 5.41) is 0. The van der Waals surface area contributed by atoms with Crippen LogP contribution < -0.4 is 0 Å². The average Bonchev–Trinajstić information content (AvgIpc) is 2.16. The van der Waals surface area contributed by atoms with Gasteiger partial charge in [-0.05, 0) is 38.5 Å². The second kappa shape index (κ2) is 79.0. The number of hydrogen-bond acceptors (Lipinski definition) is 21. The smallest absolute Gasteiger partial charge is 0.0828 e. The molecule has 0 unspecified atom stereocenters. The first-order valence-electron chi connectivity index (χ1n) is 35.9. The topological polar surface area (TPSA) is 194 Å². The summed E-state index contributed by atoms with van der Waals surface area (Å²) in [7, 11) is -1.79. The van der Waals surface area contributed by atoms with E-state index in [2.05, 4.69) is 41.5 Å². The van der Waals surface area contributed by atoms with Gasteiger partial charge in [-0.3, -0.25) is 0 Å². The van der Waals surface area contributed by atoms with Crippen LogP contribution in [0.3, 0.4) is 0 Å². The second-order valence-electron chi connectivity index (χ2n) is 22.5. The molecule has 0 radical (unpaired) electrons. The van der Waals surface area contributed by atoms with Crippen molar-refractivity contribution in [1.82, 2.24) is 0 Å². The summed E-state index contributed by atoms with van der Waals surface area (Å²) in [6.07, 6.45) is 27.2. The van der Waals surface area contributed by atoms with Crippen molar-refractivity contribution < 1.29 is 99.5 Å². The van der Waals surface area contributed by atoms with Gasteiger partial charge in [0, 0.05) is 14.5 Å². The molecule has 548 valence electrons. The standard InChI is InChI=1S/C68H142O21P2/c1-7-13-61-90(62-14-8-2,63-15-9-3)67-59-88-57-55-86-53-51-84-49-47-82-45-43-80-41-39-78-37-35-76-33-31-74-29-27-72-25-23-70-21-19-69-20-22-71-24-26-73-28-30-75-32-34-77-36-38-79-40-42-81-44-46-83-48-50-85-52-54-87-56-58-89-60-68-91(64-16-10-4,65-17-11-5)66-18-12-6/h7-68H2,1-6H3/q+2. The third kappa shape index (κ3) is 69.7. The Labute approximate surface area is 557 Å². The van der Waals surface area contributed by atoms with Gasteiger partial charge in [0.2, 0.25) is 0 Å². The molecule has 0 aromatic heterocycles. The van der Waals surface area contributed by atoms with Crippen molar-refractivity contribution in [1.29, 1.82) is 0 Å². The van der Waals surface area contributed by atoms with Crippen molar-refractivity contribution in [3.63, 3.8) is 0 Å². The molecule has 0 amide bonds. The number of hydrogen-bond donors (Lipinski definition) is 0. The van der Waals surface area contributed by atoms with E-state index < -0.39 is 14.5 Å². The Morgan fingerprint density at radius 3 is 0.297 bits per heavy atom. The van der Waals surface area contributed by atoms with Gasteiger partial charge in [0.15, 0.2) is 0 Å². The Morgan fingerprint density at radius 1 is 0.121 bits per heavy atom. The van der Waals surface area contributed by atoms with Crippen molar-refractivity contribution in [2.45, 2.75) is 119 Å². The average molecular weight is 1360 g/mol. The Morgan fingerprint density at radius 2 is 0.209 bits per heavy atom. The molecule has 0 bridgehead atoms. The van der Waals surface area contributed by atoms with Crippen LogP contribution in [0.4, 0.5) is 0 Å². The lowest BCUT2D eigenvalue weighted by molar-refractivity contribution is -0.0315. The number of unbranched alkanes of at least 4 members (excludes halogenated alkanes) is 6. The highest BCUT2D eigenvalue weighted by atomic mass is 31.2. The summed E-state index contributed by atoms with van der Waals surface area (Å²) in [5.41, 5.74) is 0. The molecule has 0 fully saturated rings. The van der Waals surface area contributed by atoms with Crippen LogP contribution in [-0.4, -0.2) is 327 Å². The van der Waals surface area contributed by atoms with Crippen LogP contribution >= 0.6 is 14.5 Å². The molecule has 23 heteroatoms. The van der Waals surface area contributed by atoms with Gasteiger partial charge >= 0.3 is 0 Å². The molecule has 0 atom stereocenters.